The van der Waals surface area contributed by atoms with Crippen molar-refractivity contribution in [1.82, 2.24) is 25.1 Å². The number of benzene rings is 2. The maximum absolute atomic E-state index is 12.6. The fourth-order valence-electron chi connectivity index (χ4n) is 3.60. The van der Waals surface area contributed by atoms with Crippen molar-refractivity contribution in [1.29, 1.82) is 0 Å². The highest BCUT2D eigenvalue weighted by Crippen LogP contribution is 2.42. The van der Waals surface area contributed by atoms with Gasteiger partial charge in [-0.3, -0.25) is 9.36 Å². The Balaban J connectivity index is 1.36. The zero-order valence-electron chi connectivity index (χ0n) is 16.7. The van der Waals surface area contributed by atoms with E-state index in [2.05, 4.69) is 37.2 Å². The monoisotopic (exact) mass is 417 g/mol. The number of carbonyl (C=O) groups excluding carboxylic acids is 1. The second-order valence-corrected chi connectivity index (χ2v) is 8.93. The van der Waals surface area contributed by atoms with Gasteiger partial charge in [-0.05, 0) is 31.4 Å². The Bertz CT molecular complexity index is 1180. The van der Waals surface area contributed by atoms with Crippen LogP contribution in [0.3, 0.4) is 0 Å². The number of hydrogen-bond donors (Lipinski definition) is 2. The minimum atomic E-state index is -0.258. The Morgan fingerprint density at radius 2 is 1.93 bits per heavy atom. The Morgan fingerprint density at radius 3 is 2.73 bits per heavy atom. The number of fused-ring (bicyclic) bond motifs is 1. The second kappa shape index (κ2) is 7.99. The SMILES string of the molecule is C[C@@H](Sc1nnc(-c2c[nH]c3ccccc23)n1C1CC1)C(=O)NCc1ccccc1. The van der Waals surface area contributed by atoms with E-state index >= 15 is 0 Å². The quantitative estimate of drug-likeness (QED) is 0.432. The Labute approximate surface area is 179 Å². The number of rotatable bonds is 7. The van der Waals surface area contributed by atoms with Gasteiger partial charge in [0, 0.05) is 35.2 Å². The molecular weight excluding hydrogens is 394 g/mol. The maximum Gasteiger partial charge on any atom is 0.233 e. The van der Waals surface area contributed by atoms with Gasteiger partial charge in [-0.2, -0.15) is 0 Å². The Morgan fingerprint density at radius 1 is 1.17 bits per heavy atom. The molecule has 0 radical (unpaired) electrons. The summed E-state index contributed by atoms with van der Waals surface area (Å²) < 4.78 is 2.21. The first-order valence-corrected chi connectivity index (χ1v) is 11.1. The van der Waals surface area contributed by atoms with Crippen LogP contribution < -0.4 is 5.32 Å². The lowest BCUT2D eigenvalue weighted by molar-refractivity contribution is -0.120. The van der Waals surface area contributed by atoms with E-state index in [4.69, 9.17) is 0 Å². The predicted octanol–water partition coefficient (Wildman–Crippen LogP) is 4.56. The molecule has 0 unspecified atom stereocenters. The van der Waals surface area contributed by atoms with E-state index in [1.807, 2.05) is 55.6 Å². The molecule has 5 rings (SSSR count). The van der Waals surface area contributed by atoms with E-state index in [9.17, 15) is 4.79 Å². The normalized spacial score (nSPS) is 14.7. The van der Waals surface area contributed by atoms with Gasteiger partial charge in [0.05, 0.1) is 5.25 Å². The summed E-state index contributed by atoms with van der Waals surface area (Å²) in [6.07, 6.45) is 4.24. The summed E-state index contributed by atoms with van der Waals surface area (Å²) >= 11 is 1.47. The summed E-state index contributed by atoms with van der Waals surface area (Å²) in [5, 5.41) is 13.7. The van der Waals surface area contributed by atoms with Crippen LogP contribution in [-0.4, -0.2) is 30.9 Å². The largest absolute Gasteiger partial charge is 0.360 e. The number of para-hydroxylation sites is 1. The van der Waals surface area contributed by atoms with E-state index in [0.717, 1.165) is 45.9 Å². The highest BCUT2D eigenvalue weighted by atomic mass is 32.2. The minimum absolute atomic E-state index is 0.00263. The molecule has 1 saturated carbocycles. The topological polar surface area (TPSA) is 75.6 Å². The van der Waals surface area contributed by atoms with Gasteiger partial charge in [0.2, 0.25) is 5.91 Å². The molecule has 2 N–H and O–H groups in total. The highest BCUT2D eigenvalue weighted by molar-refractivity contribution is 8.00. The third kappa shape index (κ3) is 3.73. The van der Waals surface area contributed by atoms with Gasteiger partial charge >= 0.3 is 0 Å². The van der Waals surface area contributed by atoms with Crippen molar-refractivity contribution in [2.45, 2.75) is 42.8 Å². The summed E-state index contributed by atoms with van der Waals surface area (Å²) in [4.78, 5) is 16.0. The lowest BCUT2D eigenvalue weighted by atomic mass is 10.1. The van der Waals surface area contributed by atoms with Gasteiger partial charge in [0.15, 0.2) is 11.0 Å². The molecule has 0 aliphatic heterocycles. The summed E-state index contributed by atoms with van der Waals surface area (Å²) in [5.74, 6) is 0.872. The molecule has 1 aliphatic rings. The molecule has 1 fully saturated rings. The van der Waals surface area contributed by atoms with Crippen LogP contribution in [0.25, 0.3) is 22.3 Å². The number of nitrogens with zero attached hydrogens (tertiary/aromatic N) is 3. The van der Waals surface area contributed by atoms with Crippen molar-refractivity contribution < 1.29 is 4.79 Å². The number of carbonyl (C=O) groups is 1. The third-order valence-corrected chi connectivity index (χ3v) is 6.42. The molecule has 0 spiro atoms. The second-order valence-electron chi connectivity index (χ2n) is 7.62. The van der Waals surface area contributed by atoms with Crippen LogP contribution in [0, 0.1) is 0 Å². The zero-order chi connectivity index (χ0) is 20.5. The molecule has 2 heterocycles. The van der Waals surface area contributed by atoms with Crippen molar-refractivity contribution in [2.24, 2.45) is 0 Å². The van der Waals surface area contributed by atoms with Crippen LogP contribution in [0.5, 0.6) is 0 Å². The molecule has 1 aliphatic carbocycles. The molecule has 30 heavy (non-hydrogen) atoms. The van der Waals surface area contributed by atoms with Crippen LogP contribution >= 0.6 is 11.8 Å². The fourth-order valence-corrected chi connectivity index (χ4v) is 4.54. The average molecular weight is 418 g/mol. The molecule has 0 saturated heterocycles. The predicted molar refractivity (Wildman–Crippen MR) is 119 cm³/mol. The van der Waals surface area contributed by atoms with Crippen LogP contribution in [0.4, 0.5) is 0 Å². The fraction of sp³-hybridized carbons (Fsp3) is 0.261. The summed E-state index contributed by atoms with van der Waals surface area (Å²) in [7, 11) is 0. The number of aromatic amines is 1. The highest BCUT2D eigenvalue weighted by Gasteiger charge is 2.32. The smallest absolute Gasteiger partial charge is 0.233 e. The first kappa shape index (κ1) is 18.9. The van der Waals surface area contributed by atoms with Crippen LogP contribution in [0.2, 0.25) is 0 Å². The molecule has 7 heteroatoms. The van der Waals surface area contributed by atoms with Crippen molar-refractivity contribution >= 4 is 28.6 Å². The standard InChI is InChI=1S/C23H23N5OS/c1-15(22(29)25-13-16-7-3-2-4-8-16)30-23-27-26-21(28(23)17-11-12-17)19-14-24-20-10-6-5-9-18(19)20/h2-10,14-15,17,24H,11-13H2,1H3,(H,25,29)/t15-/m1/s1. The van der Waals surface area contributed by atoms with Crippen molar-refractivity contribution in [3.8, 4) is 11.4 Å². The first-order valence-electron chi connectivity index (χ1n) is 10.2. The summed E-state index contributed by atoms with van der Waals surface area (Å²) in [5.41, 5.74) is 3.23. The zero-order valence-corrected chi connectivity index (χ0v) is 17.5. The lowest BCUT2D eigenvalue weighted by Gasteiger charge is -2.13. The van der Waals surface area contributed by atoms with Crippen LogP contribution in [0.1, 0.15) is 31.4 Å². The maximum atomic E-state index is 12.6. The molecule has 0 bridgehead atoms. The van der Waals surface area contributed by atoms with E-state index in [0.29, 0.717) is 12.6 Å². The minimum Gasteiger partial charge on any atom is -0.360 e. The molecule has 2 aromatic carbocycles. The van der Waals surface area contributed by atoms with E-state index in [1.54, 1.807) is 0 Å². The van der Waals surface area contributed by atoms with Crippen LogP contribution in [-0.2, 0) is 11.3 Å². The summed E-state index contributed by atoms with van der Waals surface area (Å²) in [6, 6.07) is 18.6. The van der Waals surface area contributed by atoms with Crippen molar-refractivity contribution in [3.63, 3.8) is 0 Å². The van der Waals surface area contributed by atoms with Crippen LogP contribution in [0.15, 0.2) is 66.0 Å². The average Bonchev–Trinajstić information content (AvgIpc) is 3.40. The molecule has 1 amide bonds. The van der Waals surface area contributed by atoms with Gasteiger partial charge in [-0.1, -0.05) is 60.3 Å². The van der Waals surface area contributed by atoms with Gasteiger partial charge < -0.3 is 10.3 Å². The van der Waals surface area contributed by atoms with E-state index in [-0.39, 0.29) is 11.2 Å². The Hall–Kier alpha value is -3.06. The molecule has 152 valence electrons. The first-order chi connectivity index (χ1) is 14.7. The number of hydrogen-bond acceptors (Lipinski definition) is 4. The van der Waals surface area contributed by atoms with Crippen molar-refractivity contribution in [3.05, 3.63) is 66.4 Å². The van der Waals surface area contributed by atoms with E-state index < -0.39 is 0 Å². The lowest BCUT2D eigenvalue weighted by Crippen LogP contribution is -2.30. The molecule has 2 aromatic heterocycles. The number of nitrogens with one attached hydrogen (secondary N) is 2. The molecule has 6 nitrogen and oxygen atoms in total. The number of amides is 1. The molecule has 4 aromatic rings. The molecule has 1 atom stereocenters. The Kier molecular flexibility index (Phi) is 5.04. The number of aromatic nitrogens is 4. The molecular formula is C23H23N5OS. The number of H-pyrrole nitrogens is 1. The van der Waals surface area contributed by atoms with Gasteiger partial charge in [0.25, 0.3) is 0 Å². The summed E-state index contributed by atoms with van der Waals surface area (Å²) in [6.45, 7) is 2.45. The van der Waals surface area contributed by atoms with Crippen molar-refractivity contribution in [2.75, 3.05) is 0 Å². The third-order valence-electron chi connectivity index (χ3n) is 5.37. The van der Waals surface area contributed by atoms with Gasteiger partial charge in [0.1, 0.15) is 0 Å². The van der Waals surface area contributed by atoms with E-state index in [1.165, 1.54) is 11.8 Å². The number of thioether (sulfide) groups is 1. The van der Waals surface area contributed by atoms with Gasteiger partial charge in [-0.15, -0.1) is 10.2 Å². The van der Waals surface area contributed by atoms with Gasteiger partial charge in [-0.25, -0.2) is 0 Å².